The minimum atomic E-state index is -4.12. The zero-order valence-corrected chi connectivity index (χ0v) is 17.9. The van der Waals surface area contributed by atoms with Gasteiger partial charge in [-0.05, 0) is 11.1 Å². The summed E-state index contributed by atoms with van der Waals surface area (Å²) in [6.07, 6.45) is 0.851. The predicted octanol–water partition coefficient (Wildman–Crippen LogP) is 0.837. The first-order valence-corrected chi connectivity index (χ1v) is 11.5. The summed E-state index contributed by atoms with van der Waals surface area (Å²) in [7, 11) is -4.12. The van der Waals surface area contributed by atoms with Gasteiger partial charge in [0.05, 0.1) is 24.9 Å². The second kappa shape index (κ2) is 7.76. The normalized spacial score (nSPS) is 17.7. The van der Waals surface area contributed by atoms with Crippen molar-refractivity contribution < 1.29 is 26.8 Å². The Morgan fingerprint density at radius 3 is 2.73 bits per heavy atom. The number of halogens is 2. The summed E-state index contributed by atoms with van der Waals surface area (Å²) in [5, 5.41) is 10.5. The van der Waals surface area contributed by atoms with Crippen molar-refractivity contribution in [3.8, 4) is 0 Å². The number of hydrogen-bond acceptors (Lipinski definition) is 6. The second-order valence-electron chi connectivity index (χ2n) is 7.84. The zero-order valence-electron chi connectivity index (χ0n) is 17.1. The predicted molar refractivity (Wildman–Crippen MR) is 108 cm³/mol. The molecule has 0 fully saturated rings. The highest BCUT2D eigenvalue weighted by Gasteiger charge is 2.36. The van der Waals surface area contributed by atoms with E-state index < -0.39 is 29.0 Å². The summed E-state index contributed by atoms with van der Waals surface area (Å²) in [5.41, 5.74) is 2.48. The van der Waals surface area contributed by atoms with Crippen LogP contribution in [-0.4, -0.2) is 50.5 Å². The Morgan fingerprint density at radius 2 is 1.97 bits per heavy atom. The first kappa shape index (κ1) is 21.2. The highest BCUT2D eigenvalue weighted by Crippen LogP contribution is 2.30. The van der Waals surface area contributed by atoms with Gasteiger partial charge in [0.25, 0.3) is 16.4 Å². The molecule has 0 aliphatic carbocycles. The summed E-state index contributed by atoms with van der Waals surface area (Å²) in [6, 6.07) is 6.40. The van der Waals surface area contributed by atoms with Gasteiger partial charge >= 0.3 is 0 Å². The molecule has 1 N–H and O–H groups in total. The summed E-state index contributed by atoms with van der Waals surface area (Å²) < 4.78 is 52.3. The maximum absolute atomic E-state index is 13.2. The Kier molecular flexibility index (Phi) is 5.00. The van der Waals surface area contributed by atoms with E-state index in [1.165, 1.54) is 11.1 Å². The molecule has 2 aliphatic heterocycles. The molecule has 0 saturated heterocycles. The van der Waals surface area contributed by atoms with Crippen LogP contribution in [-0.2, 0) is 45.7 Å². The van der Waals surface area contributed by atoms with Crippen LogP contribution in [0.25, 0.3) is 0 Å². The van der Waals surface area contributed by atoms with Crippen LogP contribution in [0.3, 0.4) is 0 Å². The highest BCUT2D eigenvalue weighted by atomic mass is 32.2. The average molecular weight is 476 g/mol. The van der Waals surface area contributed by atoms with E-state index in [1.807, 2.05) is 12.1 Å². The standard InChI is InChI=1S/C20H18F2N6O4S/c21-17(22)11-27-9-14(6-23-27)33(31,32)28-8-13-7-26(10-16(13)25-28)20(30)19-15-4-2-1-3-12(15)5-18(29)24-19/h1-4,6,8-9,17,19H,5,7,10-11H2,(H,24,29)/t19-/m1/s1. The molecule has 0 radical (unpaired) electrons. The molecule has 172 valence electrons. The van der Waals surface area contributed by atoms with Crippen LogP contribution in [0.5, 0.6) is 0 Å². The largest absolute Gasteiger partial charge is 0.340 e. The number of amides is 2. The van der Waals surface area contributed by atoms with Gasteiger partial charge in [0.15, 0.2) is 0 Å². The number of carbonyl (C=O) groups is 2. The Hall–Kier alpha value is -3.61. The van der Waals surface area contributed by atoms with Crippen LogP contribution in [0.2, 0.25) is 0 Å². The zero-order chi connectivity index (χ0) is 23.3. The van der Waals surface area contributed by atoms with E-state index in [4.69, 9.17) is 0 Å². The smallest absolute Gasteiger partial charge is 0.286 e. The Labute approximate surface area is 186 Å². The molecule has 0 unspecified atom stereocenters. The van der Waals surface area contributed by atoms with Crippen molar-refractivity contribution in [2.24, 2.45) is 0 Å². The van der Waals surface area contributed by atoms with Crippen LogP contribution in [0.15, 0.2) is 47.8 Å². The first-order chi connectivity index (χ1) is 15.7. The molecule has 0 saturated carbocycles. The van der Waals surface area contributed by atoms with Gasteiger partial charge in [0.1, 0.15) is 17.5 Å². The fourth-order valence-electron chi connectivity index (χ4n) is 4.05. The van der Waals surface area contributed by atoms with Crippen LogP contribution in [0.1, 0.15) is 28.4 Å². The highest BCUT2D eigenvalue weighted by molar-refractivity contribution is 7.89. The van der Waals surface area contributed by atoms with Crippen LogP contribution < -0.4 is 5.32 Å². The van der Waals surface area contributed by atoms with Crippen molar-refractivity contribution in [2.75, 3.05) is 0 Å². The van der Waals surface area contributed by atoms with Crippen LogP contribution >= 0.6 is 0 Å². The molecule has 5 rings (SSSR count). The van der Waals surface area contributed by atoms with E-state index in [0.717, 1.165) is 32.3 Å². The molecule has 3 aromatic rings. The van der Waals surface area contributed by atoms with Crippen LogP contribution in [0.4, 0.5) is 8.78 Å². The number of fused-ring (bicyclic) bond motifs is 2. The molecule has 33 heavy (non-hydrogen) atoms. The van der Waals surface area contributed by atoms with Gasteiger partial charge in [-0.3, -0.25) is 14.3 Å². The maximum atomic E-state index is 13.2. The fraction of sp³-hybridized carbons (Fsp3) is 0.300. The lowest BCUT2D eigenvalue weighted by Gasteiger charge is -2.29. The van der Waals surface area contributed by atoms with Crippen molar-refractivity contribution in [3.63, 3.8) is 0 Å². The lowest BCUT2D eigenvalue weighted by Crippen LogP contribution is -2.44. The van der Waals surface area contributed by atoms with Gasteiger partial charge in [-0.15, -0.1) is 0 Å². The average Bonchev–Trinajstić information content (AvgIpc) is 3.47. The molecule has 4 heterocycles. The number of hydrogen-bond donors (Lipinski definition) is 1. The summed E-state index contributed by atoms with van der Waals surface area (Å²) in [4.78, 5) is 26.5. The van der Waals surface area contributed by atoms with Crippen molar-refractivity contribution in [2.45, 2.75) is 43.4 Å². The number of aromatic nitrogens is 4. The van der Waals surface area contributed by atoms with Crippen molar-refractivity contribution in [1.29, 1.82) is 0 Å². The lowest BCUT2D eigenvalue weighted by molar-refractivity contribution is -0.137. The third-order valence-electron chi connectivity index (χ3n) is 5.62. The Bertz CT molecular complexity index is 1340. The van der Waals surface area contributed by atoms with Gasteiger partial charge in [-0.25, -0.2) is 8.78 Å². The summed E-state index contributed by atoms with van der Waals surface area (Å²) in [5.74, 6) is -0.552. The van der Waals surface area contributed by atoms with Crippen LogP contribution in [0, 0.1) is 0 Å². The minimum Gasteiger partial charge on any atom is -0.340 e. The quantitative estimate of drug-likeness (QED) is 0.583. The van der Waals surface area contributed by atoms with E-state index >= 15 is 0 Å². The molecule has 0 spiro atoms. The van der Waals surface area contributed by atoms with Gasteiger partial charge in [0.2, 0.25) is 11.8 Å². The Morgan fingerprint density at radius 1 is 1.18 bits per heavy atom. The van der Waals surface area contributed by atoms with E-state index in [1.54, 1.807) is 12.1 Å². The monoisotopic (exact) mass is 476 g/mol. The maximum Gasteiger partial charge on any atom is 0.286 e. The van der Waals surface area contributed by atoms with E-state index in [0.29, 0.717) is 11.3 Å². The molecule has 1 atom stereocenters. The molecule has 1 aromatic carbocycles. The Balaban J connectivity index is 1.34. The number of nitrogens with one attached hydrogen (secondary N) is 1. The number of nitrogens with zero attached hydrogens (tertiary/aromatic N) is 5. The topological polar surface area (TPSA) is 119 Å². The number of carbonyl (C=O) groups excluding carboxylic acids is 2. The van der Waals surface area contributed by atoms with Gasteiger partial charge < -0.3 is 10.2 Å². The molecular formula is C20H18F2N6O4S. The molecular weight excluding hydrogens is 458 g/mol. The number of benzene rings is 1. The molecule has 2 aromatic heterocycles. The SMILES string of the molecule is O=C1Cc2ccccc2[C@H](C(=O)N2Cc3cn(S(=O)(=O)c4cnn(CC(F)F)c4)nc3C2)N1. The molecule has 13 heteroatoms. The van der Waals surface area contributed by atoms with Gasteiger partial charge in [-0.2, -0.15) is 22.7 Å². The molecule has 2 amide bonds. The third-order valence-corrected chi connectivity index (χ3v) is 7.10. The van der Waals surface area contributed by atoms with Crippen molar-refractivity contribution >= 4 is 21.8 Å². The second-order valence-corrected chi connectivity index (χ2v) is 9.63. The lowest BCUT2D eigenvalue weighted by atomic mass is 9.93. The van der Waals surface area contributed by atoms with Gasteiger partial charge in [0, 0.05) is 24.5 Å². The van der Waals surface area contributed by atoms with Gasteiger partial charge in [-0.1, -0.05) is 24.3 Å². The molecule has 0 bridgehead atoms. The van der Waals surface area contributed by atoms with E-state index in [9.17, 15) is 26.8 Å². The third kappa shape index (κ3) is 3.77. The molecule has 2 aliphatic rings. The van der Waals surface area contributed by atoms with E-state index in [2.05, 4.69) is 15.5 Å². The summed E-state index contributed by atoms with van der Waals surface area (Å²) in [6.45, 7) is -0.512. The molecule has 10 nitrogen and oxygen atoms in total. The summed E-state index contributed by atoms with van der Waals surface area (Å²) >= 11 is 0. The number of alkyl halides is 2. The van der Waals surface area contributed by atoms with Crippen molar-refractivity contribution in [1.82, 2.24) is 29.2 Å². The minimum absolute atomic E-state index is 0.0792. The first-order valence-electron chi connectivity index (χ1n) is 10.0. The fourth-order valence-corrected chi connectivity index (χ4v) is 5.17. The van der Waals surface area contributed by atoms with Crippen molar-refractivity contribution in [3.05, 3.63) is 65.2 Å². The number of rotatable bonds is 5. The van der Waals surface area contributed by atoms with E-state index in [-0.39, 0.29) is 36.2 Å².